The van der Waals surface area contributed by atoms with E-state index in [2.05, 4.69) is 20.9 Å². The largest absolute Gasteiger partial charge is 0.338 e. The molecule has 0 aliphatic carbocycles. The van der Waals surface area contributed by atoms with Crippen LogP contribution >= 0.6 is 15.9 Å². The summed E-state index contributed by atoms with van der Waals surface area (Å²) in [6.45, 7) is 5.34. The molecule has 4 heteroatoms. The number of halogens is 1. The maximum absolute atomic E-state index is 11.8. The van der Waals surface area contributed by atoms with Crippen LogP contribution in [0.1, 0.15) is 24.3 Å². The maximum atomic E-state index is 11.8. The van der Waals surface area contributed by atoms with Gasteiger partial charge >= 0.3 is 0 Å². The molecule has 76 valence electrons. The van der Waals surface area contributed by atoms with Crippen molar-refractivity contribution in [1.29, 1.82) is 0 Å². The van der Waals surface area contributed by atoms with Crippen LogP contribution in [0.5, 0.6) is 0 Å². The molecule has 0 saturated carbocycles. The molecule has 1 rings (SSSR count). The number of amides is 1. The molecule has 0 fully saturated rings. The molecule has 1 aromatic heterocycles. The Morgan fingerprint density at radius 2 is 2.07 bits per heavy atom. The van der Waals surface area contributed by atoms with E-state index in [-0.39, 0.29) is 5.91 Å². The first-order chi connectivity index (χ1) is 6.69. The second-order valence-corrected chi connectivity index (χ2v) is 3.64. The summed E-state index contributed by atoms with van der Waals surface area (Å²) in [7, 11) is 0. The lowest BCUT2D eigenvalue weighted by Crippen LogP contribution is -2.31. The highest BCUT2D eigenvalue weighted by Gasteiger charge is 2.13. The highest BCUT2D eigenvalue weighted by atomic mass is 79.9. The Labute approximate surface area is 92.3 Å². The van der Waals surface area contributed by atoms with Crippen molar-refractivity contribution < 1.29 is 4.79 Å². The third-order valence-electron chi connectivity index (χ3n) is 1.98. The Balaban J connectivity index is 2.88. The quantitative estimate of drug-likeness (QED) is 0.778. The van der Waals surface area contributed by atoms with E-state index in [0.29, 0.717) is 23.4 Å². The van der Waals surface area contributed by atoms with Gasteiger partial charge in [0, 0.05) is 13.1 Å². The van der Waals surface area contributed by atoms with Crippen molar-refractivity contribution in [1.82, 2.24) is 9.88 Å². The first kappa shape index (κ1) is 11.2. The third-order valence-corrected chi connectivity index (χ3v) is 2.43. The zero-order valence-electron chi connectivity index (χ0n) is 8.33. The van der Waals surface area contributed by atoms with Gasteiger partial charge in [0.2, 0.25) is 0 Å². The molecule has 0 saturated heterocycles. The molecule has 1 heterocycles. The number of rotatable bonds is 3. The molecule has 0 aliphatic heterocycles. The van der Waals surface area contributed by atoms with Gasteiger partial charge in [0.05, 0.1) is 0 Å². The fourth-order valence-electron chi connectivity index (χ4n) is 1.20. The highest BCUT2D eigenvalue weighted by molar-refractivity contribution is 9.10. The highest BCUT2D eigenvalue weighted by Crippen LogP contribution is 2.08. The van der Waals surface area contributed by atoms with Crippen molar-refractivity contribution in [3.8, 4) is 0 Å². The van der Waals surface area contributed by atoms with Crippen molar-refractivity contribution >= 4 is 21.8 Å². The van der Waals surface area contributed by atoms with E-state index in [1.807, 2.05) is 19.9 Å². The molecule has 0 spiro atoms. The molecule has 0 aliphatic rings. The van der Waals surface area contributed by atoms with Gasteiger partial charge in [-0.2, -0.15) is 0 Å². The maximum Gasteiger partial charge on any atom is 0.272 e. The summed E-state index contributed by atoms with van der Waals surface area (Å²) in [5.41, 5.74) is 0.489. The van der Waals surface area contributed by atoms with Crippen LogP contribution in [0.3, 0.4) is 0 Å². The lowest BCUT2D eigenvalue weighted by molar-refractivity contribution is 0.0767. The smallest absolute Gasteiger partial charge is 0.272 e. The Hall–Kier alpha value is -0.900. The van der Waals surface area contributed by atoms with E-state index in [1.165, 1.54) is 0 Å². The predicted molar refractivity (Wildman–Crippen MR) is 59.2 cm³/mol. The van der Waals surface area contributed by atoms with E-state index in [4.69, 9.17) is 0 Å². The number of nitrogens with zero attached hydrogens (tertiary/aromatic N) is 2. The minimum Gasteiger partial charge on any atom is -0.338 e. The summed E-state index contributed by atoms with van der Waals surface area (Å²) in [6, 6.07) is 5.35. The van der Waals surface area contributed by atoms with Crippen molar-refractivity contribution in [2.75, 3.05) is 13.1 Å². The van der Waals surface area contributed by atoms with Crippen LogP contribution in [-0.2, 0) is 0 Å². The molecule has 1 amide bonds. The Bertz CT molecular complexity index is 324. The van der Waals surface area contributed by atoms with Gasteiger partial charge in [-0.25, -0.2) is 4.98 Å². The average molecular weight is 257 g/mol. The van der Waals surface area contributed by atoms with Crippen LogP contribution in [0.15, 0.2) is 22.8 Å². The number of pyridine rings is 1. The van der Waals surface area contributed by atoms with Crippen molar-refractivity contribution in [2.45, 2.75) is 13.8 Å². The lowest BCUT2D eigenvalue weighted by atomic mass is 10.3. The summed E-state index contributed by atoms with van der Waals surface area (Å²) < 4.78 is 0.690. The summed E-state index contributed by atoms with van der Waals surface area (Å²) >= 11 is 3.24. The van der Waals surface area contributed by atoms with Crippen molar-refractivity contribution in [2.24, 2.45) is 0 Å². The molecule has 1 aromatic rings. The zero-order chi connectivity index (χ0) is 10.6. The Morgan fingerprint density at radius 3 is 2.57 bits per heavy atom. The second-order valence-electron chi connectivity index (χ2n) is 2.82. The van der Waals surface area contributed by atoms with Crippen LogP contribution in [0.2, 0.25) is 0 Å². The first-order valence-corrected chi connectivity index (χ1v) is 5.40. The molecule has 0 N–H and O–H groups in total. The first-order valence-electron chi connectivity index (χ1n) is 4.60. The summed E-state index contributed by atoms with van der Waals surface area (Å²) in [5.74, 6) is -0.0173. The number of carbonyl (C=O) groups excluding carboxylic acids is 1. The van der Waals surface area contributed by atoms with E-state index < -0.39 is 0 Å². The molecule has 3 nitrogen and oxygen atoms in total. The van der Waals surface area contributed by atoms with Crippen LogP contribution in [0.25, 0.3) is 0 Å². The molecular formula is C10H13BrN2O. The lowest BCUT2D eigenvalue weighted by Gasteiger charge is -2.17. The van der Waals surface area contributed by atoms with E-state index in [0.717, 1.165) is 0 Å². The fourth-order valence-corrected chi connectivity index (χ4v) is 1.54. The van der Waals surface area contributed by atoms with Crippen molar-refractivity contribution in [3.05, 3.63) is 28.5 Å². The molecule has 0 radical (unpaired) electrons. The SMILES string of the molecule is CCN(CC)C(=O)c1cccc(Br)n1. The number of hydrogen-bond acceptors (Lipinski definition) is 2. The third kappa shape index (κ3) is 2.54. The van der Waals surface area contributed by atoms with Gasteiger partial charge in [-0.1, -0.05) is 6.07 Å². The normalized spacial score (nSPS) is 9.93. The predicted octanol–water partition coefficient (Wildman–Crippen LogP) is 2.33. The summed E-state index contributed by atoms with van der Waals surface area (Å²) in [5, 5.41) is 0. The minimum absolute atomic E-state index is 0.0173. The fraction of sp³-hybridized carbons (Fsp3) is 0.400. The topological polar surface area (TPSA) is 33.2 Å². The van der Waals surface area contributed by atoms with Gasteiger partial charge in [-0.3, -0.25) is 4.79 Å². The molecule has 0 bridgehead atoms. The van der Waals surface area contributed by atoms with Gasteiger partial charge in [0.25, 0.3) is 5.91 Å². The second kappa shape index (κ2) is 5.10. The molecular weight excluding hydrogens is 244 g/mol. The van der Waals surface area contributed by atoms with Gasteiger partial charge in [-0.15, -0.1) is 0 Å². The van der Waals surface area contributed by atoms with Crippen LogP contribution in [0, 0.1) is 0 Å². The van der Waals surface area contributed by atoms with Crippen LogP contribution in [0.4, 0.5) is 0 Å². The van der Waals surface area contributed by atoms with Gasteiger partial charge in [0.15, 0.2) is 0 Å². The average Bonchev–Trinajstić information content (AvgIpc) is 2.19. The number of carbonyl (C=O) groups is 1. The Kier molecular flexibility index (Phi) is 4.07. The van der Waals surface area contributed by atoms with E-state index in [9.17, 15) is 4.79 Å². The number of hydrogen-bond donors (Lipinski definition) is 0. The van der Waals surface area contributed by atoms with Gasteiger partial charge in [0.1, 0.15) is 10.3 Å². The van der Waals surface area contributed by atoms with Crippen LogP contribution < -0.4 is 0 Å². The van der Waals surface area contributed by atoms with Crippen molar-refractivity contribution in [3.63, 3.8) is 0 Å². The van der Waals surface area contributed by atoms with E-state index in [1.54, 1.807) is 17.0 Å². The Morgan fingerprint density at radius 1 is 1.43 bits per heavy atom. The zero-order valence-corrected chi connectivity index (χ0v) is 9.91. The van der Waals surface area contributed by atoms with Crippen LogP contribution in [-0.4, -0.2) is 28.9 Å². The summed E-state index contributed by atoms with van der Waals surface area (Å²) in [6.07, 6.45) is 0. The van der Waals surface area contributed by atoms with Gasteiger partial charge in [-0.05, 0) is 41.9 Å². The molecule has 0 aromatic carbocycles. The summed E-state index contributed by atoms with van der Waals surface area (Å²) in [4.78, 5) is 17.7. The number of aromatic nitrogens is 1. The minimum atomic E-state index is -0.0173. The standard InChI is InChI=1S/C10H13BrN2O/c1-3-13(4-2)10(14)8-6-5-7-9(11)12-8/h5-7H,3-4H2,1-2H3. The monoisotopic (exact) mass is 256 g/mol. The molecule has 0 atom stereocenters. The van der Waals surface area contributed by atoms with E-state index >= 15 is 0 Å². The van der Waals surface area contributed by atoms with Gasteiger partial charge < -0.3 is 4.90 Å². The molecule has 0 unspecified atom stereocenters. The molecule has 14 heavy (non-hydrogen) atoms.